The van der Waals surface area contributed by atoms with Crippen LogP contribution in [0.5, 0.6) is 11.5 Å². The summed E-state index contributed by atoms with van der Waals surface area (Å²) in [5, 5.41) is 0. The molecule has 5 heteroatoms. The van der Waals surface area contributed by atoms with Gasteiger partial charge in [-0.3, -0.25) is 4.52 Å². The van der Waals surface area contributed by atoms with E-state index in [-0.39, 0.29) is 6.10 Å². The van der Waals surface area contributed by atoms with Gasteiger partial charge in [0.25, 0.3) is 0 Å². The van der Waals surface area contributed by atoms with Crippen LogP contribution in [-0.4, -0.2) is 19.3 Å². The molecule has 0 spiro atoms. The van der Waals surface area contributed by atoms with Gasteiger partial charge in [-0.25, -0.2) is 0 Å². The first kappa shape index (κ1) is 35.6. The molecule has 0 aliphatic rings. The van der Waals surface area contributed by atoms with E-state index in [1.54, 1.807) is 0 Å². The largest absolute Gasteiger partial charge is 0.463 e. The number of hydrogen-bond acceptors (Lipinski definition) is 4. The molecule has 0 amide bonds. The average molecular weight is 587 g/mol. The lowest BCUT2D eigenvalue weighted by atomic mass is 10.0. The van der Waals surface area contributed by atoms with Crippen molar-refractivity contribution in [3.8, 4) is 11.5 Å². The number of benzene rings is 2. The van der Waals surface area contributed by atoms with E-state index < -0.39 is 8.60 Å². The Kier molecular flexibility index (Phi) is 22.6. The molecule has 0 fully saturated rings. The lowest BCUT2D eigenvalue weighted by molar-refractivity contribution is 0.0281. The Balaban J connectivity index is 1.74. The highest BCUT2D eigenvalue weighted by Crippen LogP contribution is 2.41. The lowest BCUT2D eigenvalue weighted by Gasteiger charge is -2.21. The SMILES string of the molecule is CCCCCCCCCCCCOC(CCCCCCCCC)CCOP(Oc1ccccc1)Oc1ccccc1. The van der Waals surface area contributed by atoms with Crippen LogP contribution in [0.2, 0.25) is 0 Å². The molecule has 4 nitrogen and oxygen atoms in total. The van der Waals surface area contributed by atoms with E-state index >= 15 is 0 Å². The van der Waals surface area contributed by atoms with Gasteiger partial charge in [-0.05, 0) is 43.5 Å². The average Bonchev–Trinajstić information content (AvgIpc) is 3.00. The molecule has 1 unspecified atom stereocenters. The molecular formula is C36H59O4P. The molecule has 232 valence electrons. The predicted octanol–water partition coefficient (Wildman–Crippen LogP) is 12.2. The minimum absolute atomic E-state index is 0.231. The predicted molar refractivity (Wildman–Crippen MR) is 176 cm³/mol. The molecular weight excluding hydrogens is 527 g/mol. The van der Waals surface area contributed by atoms with E-state index in [4.69, 9.17) is 18.3 Å². The molecule has 0 heterocycles. The molecule has 2 aromatic rings. The number of ether oxygens (including phenoxy) is 1. The van der Waals surface area contributed by atoms with Gasteiger partial charge in [0, 0.05) is 6.61 Å². The first-order chi connectivity index (χ1) is 20.3. The summed E-state index contributed by atoms with van der Waals surface area (Å²) >= 11 is 0. The van der Waals surface area contributed by atoms with Gasteiger partial charge < -0.3 is 13.8 Å². The van der Waals surface area contributed by atoms with Crippen LogP contribution in [-0.2, 0) is 9.26 Å². The molecule has 0 aromatic heterocycles. The minimum Gasteiger partial charge on any atom is -0.418 e. The van der Waals surface area contributed by atoms with Crippen molar-refractivity contribution in [1.82, 2.24) is 0 Å². The third-order valence-electron chi connectivity index (χ3n) is 7.46. The molecule has 41 heavy (non-hydrogen) atoms. The molecule has 2 aromatic carbocycles. The van der Waals surface area contributed by atoms with Crippen LogP contribution in [0.25, 0.3) is 0 Å². The summed E-state index contributed by atoms with van der Waals surface area (Å²) in [5.74, 6) is 1.51. The van der Waals surface area contributed by atoms with Crippen LogP contribution < -0.4 is 9.05 Å². The summed E-state index contributed by atoms with van der Waals surface area (Å²) < 4.78 is 24.8. The minimum atomic E-state index is -1.55. The molecule has 0 saturated heterocycles. The summed E-state index contributed by atoms with van der Waals surface area (Å²) in [5.41, 5.74) is 0. The van der Waals surface area contributed by atoms with Crippen molar-refractivity contribution < 1.29 is 18.3 Å². The van der Waals surface area contributed by atoms with Crippen molar-refractivity contribution in [3.63, 3.8) is 0 Å². The Morgan fingerprint density at radius 3 is 1.41 bits per heavy atom. The smallest absolute Gasteiger partial charge is 0.418 e. The second-order valence-electron chi connectivity index (χ2n) is 11.2. The Morgan fingerprint density at radius 1 is 0.488 bits per heavy atom. The zero-order valence-corrected chi connectivity index (χ0v) is 27.2. The summed E-state index contributed by atoms with van der Waals surface area (Å²) in [4.78, 5) is 0. The van der Waals surface area contributed by atoms with Gasteiger partial charge in [-0.2, -0.15) is 0 Å². The van der Waals surface area contributed by atoms with E-state index in [0.29, 0.717) is 6.61 Å². The summed E-state index contributed by atoms with van der Waals surface area (Å²) in [6.07, 6.45) is 24.9. The molecule has 1 atom stereocenters. The maximum absolute atomic E-state index is 6.42. The quantitative estimate of drug-likeness (QED) is 0.0734. The van der Waals surface area contributed by atoms with E-state index in [2.05, 4.69) is 13.8 Å². The van der Waals surface area contributed by atoms with Gasteiger partial charge in [-0.15, -0.1) is 0 Å². The van der Waals surface area contributed by atoms with E-state index in [1.165, 1.54) is 103 Å². The number of rotatable bonds is 28. The van der Waals surface area contributed by atoms with Crippen LogP contribution in [0.4, 0.5) is 0 Å². The van der Waals surface area contributed by atoms with Gasteiger partial charge in [0.2, 0.25) is 0 Å². The standard InChI is InChI=1S/C36H59O4P/c1-3-5-7-9-11-12-13-15-17-25-32-37-34(26-20-16-14-10-8-6-4-2)31-33-38-41(39-35-27-21-18-22-28-35)40-36-29-23-19-24-30-36/h18-19,21-24,27-30,34H,3-17,20,25-26,31-33H2,1-2H3. The Bertz CT molecular complexity index is 762. The second kappa shape index (κ2) is 26.1. The fraction of sp³-hybridized carbons (Fsp3) is 0.667. The van der Waals surface area contributed by atoms with Gasteiger partial charge in [0.05, 0.1) is 12.7 Å². The van der Waals surface area contributed by atoms with Crippen LogP contribution >= 0.6 is 8.60 Å². The Morgan fingerprint density at radius 2 is 0.927 bits per heavy atom. The van der Waals surface area contributed by atoms with Crippen molar-refractivity contribution >= 4 is 8.60 Å². The highest BCUT2D eigenvalue weighted by Gasteiger charge is 2.19. The summed E-state index contributed by atoms with van der Waals surface area (Å²) in [6.45, 7) is 5.98. The number of para-hydroxylation sites is 2. The van der Waals surface area contributed by atoms with Gasteiger partial charge >= 0.3 is 8.60 Å². The summed E-state index contributed by atoms with van der Waals surface area (Å²) in [6, 6.07) is 19.6. The zero-order valence-electron chi connectivity index (χ0n) is 26.3. The van der Waals surface area contributed by atoms with Crippen molar-refractivity contribution in [2.24, 2.45) is 0 Å². The van der Waals surface area contributed by atoms with Crippen LogP contribution in [0.1, 0.15) is 136 Å². The van der Waals surface area contributed by atoms with Gasteiger partial charge in [0.1, 0.15) is 11.5 Å². The van der Waals surface area contributed by atoms with Crippen LogP contribution in [0, 0.1) is 0 Å². The zero-order chi connectivity index (χ0) is 29.1. The third kappa shape index (κ3) is 20.0. The van der Waals surface area contributed by atoms with Crippen molar-refractivity contribution in [2.45, 2.75) is 142 Å². The topological polar surface area (TPSA) is 36.9 Å². The first-order valence-corrected chi connectivity index (χ1v) is 17.9. The molecule has 0 bridgehead atoms. The molecule has 2 rings (SSSR count). The van der Waals surface area contributed by atoms with Crippen molar-refractivity contribution in [3.05, 3.63) is 60.7 Å². The molecule has 0 aliphatic carbocycles. The second-order valence-corrected chi connectivity index (χ2v) is 12.3. The summed E-state index contributed by atoms with van der Waals surface area (Å²) in [7, 11) is -1.55. The fourth-order valence-corrected chi connectivity index (χ4v) is 5.93. The number of unbranched alkanes of at least 4 members (excludes halogenated alkanes) is 15. The monoisotopic (exact) mass is 586 g/mol. The van der Waals surface area contributed by atoms with Crippen LogP contribution in [0.15, 0.2) is 60.7 Å². The van der Waals surface area contributed by atoms with E-state index in [0.717, 1.165) is 37.4 Å². The Hall–Kier alpha value is -1.61. The normalized spacial score (nSPS) is 12.1. The van der Waals surface area contributed by atoms with E-state index in [9.17, 15) is 0 Å². The molecule has 0 aliphatic heterocycles. The fourth-order valence-electron chi connectivity index (χ4n) is 4.94. The van der Waals surface area contributed by atoms with Crippen molar-refractivity contribution in [1.29, 1.82) is 0 Å². The number of hydrogen-bond donors (Lipinski definition) is 0. The maximum Gasteiger partial charge on any atom is 0.463 e. The van der Waals surface area contributed by atoms with Crippen molar-refractivity contribution in [2.75, 3.05) is 13.2 Å². The van der Waals surface area contributed by atoms with Crippen LogP contribution in [0.3, 0.4) is 0 Å². The molecule has 0 saturated carbocycles. The van der Waals surface area contributed by atoms with Gasteiger partial charge in [-0.1, -0.05) is 153 Å². The lowest BCUT2D eigenvalue weighted by Crippen LogP contribution is -2.17. The Labute approximate surface area is 253 Å². The third-order valence-corrected chi connectivity index (χ3v) is 8.58. The molecule has 0 radical (unpaired) electrons. The maximum atomic E-state index is 6.42. The first-order valence-electron chi connectivity index (χ1n) is 16.8. The van der Waals surface area contributed by atoms with E-state index in [1.807, 2.05) is 60.7 Å². The molecule has 0 N–H and O–H groups in total. The van der Waals surface area contributed by atoms with Gasteiger partial charge in [0.15, 0.2) is 0 Å². The highest BCUT2D eigenvalue weighted by atomic mass is 31.2. The highest BCUT2D eigenvalue weighted by molar-refractivity contribution is 7.42.